The van der Waals surface area contributed by atoms with Crippen LogP contribution in [-0.2, 0) is 6.42 Å². The highest BCUT2D eigenvalue weighted by molar-refractivity contribution is 8.06. The molecule has 4 nitrogen and oxygen atoms in total. The lowest BCUT2D eigenvalue weighted by Gasteiger charge is -2.27. The maximum Gasteiger partial charge on any atom is 0.226 e. The van der Waals surface area contributed by atoms with Gasteiger partial charge in [0.25, 0.3) is 0 Å². The molecule has 0 aliphatic carbocycles. The van der Waals surface area contributed by atoms with Crippen LogP contribution in [0.2, 0.25) is 0 Å². The largest absolute Gasteiger partial charge is 0.339 e. The second-order valence-corrected chi connectivity index (χ2v) is 7.75. The normalized spacial score (nSPS) is 24.8. The highest BCUT2D eigenvalue weighted by atomic mass is 32.2. The van der Waals surface area contributed by atoms with E-state index in [0.29, 0.717) is 16.5 Å². The highest BCUT2D eigenvalue weighted by Crippen LogP contribution is 2.42. The summed E-state index contributed by atoms with van der Waals surface area (Å²) < 4.78 is 5.43. The van der Waals surface area contributed by atoms with Gasteiger partial charge in [0.15, 0.2) is 5.82 Å². The SMILES string of the molecule is CCNC(C)CCc1nc(C2SCCSC2CC)no1. The van der Waals surface area contributed by atoms with Crippen LogP contribution in [0.4, 0.5) is 0 Å². The summed E-state index contributed by atoms with van der Waals surface area (Å²) in [7, 11) is 0. The van der Waals surface area contributed by atoms with Crippen molar-refractivity contribution in [3.8, 4) is 0 Å². The Hall–Kier alpha value is -0.200. The third-order valence-electron chi connectivity index (χ3n) is 3.53. The summed E-state index contributed by atoms with van der Waals surface area (Å²) in [5, 5.41) is 8.66. The van der Waals surface area contributed by atoms with Crippen molar-refractivity contribution in [3.05, 3.63) is 11.7 Å². The van der Waals surface area contributed by atoms with Gasteiger partial charge in [0.05, 0.1) is 5.25 Å². The van der Waals surface area contributed by atoms with Crippen LogP contribution in [0.15, 0.2) is 4.52 Å². The molecule has 0 spiro atoms. The topological polar surface area (TPSA) is 51.0 Å². The van der Waals surface area contributed by atoms with Gasteiger partial charge in [0.2, 0.25) is 5.89 Å². The van der Waals surface area contributed by atoms with Gasteiger partial charge in [0.1, 0.15) is 0 Å². The van der Waals surface area contributed by atoms with E-state index in [2.05, 4.69) is 36.2 Å². The van der Waals surface area contributed by atoms with E-state index in [9.17, 15) is 0 Å². The lowest BCUT2D eigenvalue weighted by Crippen LogP contribution is -2.25. The average molecular weight is 316 g/mol. The van der Waals surface area contributed by atoms with Crippen molar-refractivity contribution in [2.75, 3.05) is 18.1 Å². The van der Waals surface area contributed by atoms with E-state index in [4.69, 9.17) is 4.52 Å². The van der Waals surface area contributed by atoms with E-state index < -0.39 is 0 Å². The predicted molar refractivity (Wildman–Crippen MR) is 87.5 cm³/mol. The number of thioether (sulfide) groups is 2. The Balaban J connectivity index is 1.90. The van der Waals surface area contributed by atoms with Crippen molar-refractivity contribution in [2.45, 2.75) is 56.6 Å². The summed E-state index contributed by atoms with van der Waals surface area (Å²) in [5.74, 6) is 4.12. The van der Waals surface area contributed by atoms with Gasteiger partial charge in [-0.2, -0.15) is 16.7 Å². The fourth-order valence-electron chi connectivity index (χ4n) is 2.42. The second kappa shape index (κ2) is 8.29. The van der Waals surface area contributed by atoms with Gasteiger partial charge in [0, 0.05) is 29.2 Å². The zero-order valence-electron chi connectivity index (χ0n) is 12.6. The zero-order valence-corrected chi connectivity index (χ0v) is 14.2. The molecule has 20 heavy (non-hydrogen) atoms. The van der Waals surface area contributed by atoms with Crippen LogP contribution in [-0.4, -0.2) is 39.5 Å². The van der Waals surface area contributed by atoms with E-state index in [-0.39, 0.29) is 0 Å². The van der Waals surface area contributed by atoms with E-state index in [1.54, 1.807) is 0 Å². The molecule has 1 aliphatic heterocycles. The van der Waals surface area contributed by atoms with Crippen LogP contribution in [0, 0.1) is 0 Å². The first-order valence-electron chi connectivity index (χ1n) is 7.53. The molecule has 0 bridgehead atoms. The lowest BCUT2D eigenvalue weighted by molar-refractivity contribution is 0.362. The minimum atomic E-state index is 0.405. The van der Waals surface area contributed by atoms with Crippen LogP contribution < -0.4 is 5.32 Å². The molecular weight excluding hydrogens is 290 g/mol. The molecule has 0 radical (unpaired) electrons. The lowest BCUT2D eigenvalue weighted by atomic mass is 10.2. The Bertz CT molecular complexity index is 400. The second-order valence-electron chi connectivity index (χ2n) is 5.15. The summed E-state index contributed by atoms with van der Waals surface area (Å²) in [6, 6.07) is 0.498. The molecule has 1 N–H and O–H groups in total. The summed E-state index contributed by atoms with van der Waals surface area (Å²) in [4.78, 5) is 4.62. The molecule has 1 saturated heterocycles. The van der Waals surface area contributed by atoms with E-state index in [0.717, 1.165) is 31.1 Å². The molecule has 114 valence electrons. The van der Waals surface area contributed by atoms with Crippen LogP contribution >= 0.6 is 23.5 Å². The fraction of sp³-hybridized carbons (Fsp3) is 0.857. The molecular formula is C14H25N3OS2. The Morgan fingerprint density at radius 2 is 2.15 bits per heavy atom. The minimum Gasteiger partial charge on any atom is -0.339 e. The molecule has 2 heterocycles. The smallest absolute Gasteiger partial charge is 0.226 e. The summed E-state index contributed by atoms with van der Waals surface area (Å²) >= 11 is 4.02. The maximum atomic E-state index is 5.43. The molecule has 1 fully saturated rings. The van der Waals surface area contributed by atoms with Crippen molar-refractivity contribution in [1.29, 1.82) is 0 Å². The number of hydrogen-bond donors (Lipinski definition) is 1. The first kappa shape index (κ1) is 16.2. The molecule has 3 atom stereocenters. The van der Waals surface area contributed by atoms with Crippen molar-refractivity contribution < 1.29 is 4.52 Å². The van der Waals surface area contributed by atoms with E-state index >= 15 is 0 Å². The van der Waals surface area contributed by atoms with Crippen molar-refractivity contribution in [2.24, 2.45) is 0 Å². The minimum absolute atomic E-state index is 0.405. The van der Waals surface area contributed by atoms with E-state index in [1.807, 2.05) is 23.5 Å². The molecule has 0 aromatic carbocycles. The average Bonchev–Trinajstić information content (AvgIpc) is 2.94. The molecule has 0 amide bonds. The van der Waals surface area contributed by atoms with Gasteiger partial charge in [-0.25, -0.2) is 0 Å². The number of nitrogens with zero attached hydrogens (tertiary/aromatic N) is 2. The Kier molecular flexibility index (Phi) is 6.71. The molecule has 1 aromatic heterocycles. The number of nitrogens with one attached hydrogen (secondary N) is 1. The van der Waals surface area contributed by atoms with Gasteiger partial charge in [-0.1, -0.05) is 19.0 Å². The Morgan fingerprint density at radius 1 is 1.35 bits per heavy atom. The summed E-state index contributed by atoms with van der Waals surface area (Å²) in [6.07, 6.45) is 3.07. The molecule has 1 aliphatic rings. The molecule has 3 unspecified atom stereocenters. The standard InChI is InChI=1S/C14H25N3OS2/c1-4-11-13(20-9-8-19-11)14-16-12(18-17-14)7-6-10(3)15-5-2/h10-11,13,15H,4-9H2,1-3H3. The molecule has 6 heteroatoms. The number of hydrogen-bond acceptors (Lipinski definition) is 6. The first-order chi connectivity index (χ1) is 9.74. The van der Waals surface area contributed by atoms with Crippen LogP contribution in [0.5, 0.6) is 0 Å². The van der Waals surface area contributed by atoms with Crippen LogP contribution in [0.1, 0.15) is 50.6 Å². The van der Waals surface area contributed by atoms with Gasteiger partial charge >= 0.3 is 0 Å². The van der Waals surface area contributed by atoms with E-state index in [1.165, 1.54) is 17.9 Å². The Morgan fingerprint density at radius 3 is 2.90 bits per heavy atom. The summed E-state index contributed by atoms with van der Waals surface area (Å²) in [5.41, 5.74) is 0. The Labute approximate surface area is 130 Å². The molecule has 1 aromatic rings. The maximum absolute atomic E-state index is 5.43. The quantitative estimate of drug-likeness (QED) is 0.833. The van der Waals surface area contributed by atoms with Crippen molar-refractivity contribution in [1.82, 2.24) is 15.5 Å². The highest BCUT2D eigenvalue weighted by Gasteiger charge is 2.30. The monoisotopic (exact) mass is 315 g/mol. The van der Waals surface area contributed by atoms with Gasteiger partial charge in [-0.3, -0.25) is 0 Å². The van der Waals surface area contributed by atoms with Gasteiger partial charge in [-0.15, -0.1) is 11.8 Å². The van der Waals surface area contributed by atoms with Crippen LogP contribution in [0.3, 0.4) is 0 Å². The third kappa shape index (κ3) is 4.40. The van der Waals surface area contributed by atoms with Gasteiger partial charge in [-0.05, 0) is 26.3 Å². The van der Waals surface area contributed by atoms with Crippen molar-refractivity contribution >= 4 is 23.5 Å². The third-order valence-corrected chi connectivity index (χ3v) is 6.78. The van der Waals surface area contributed by atoms with Gasteiger partial charge < -0.3 is 9.84 Å². The molecule has 0 saturated carbocycles. The number of aromatic nitrogens is 2. The zero-order chi connectivity index (χ0) is 14.4. The summed E-state index contributed by atoms with van der Waals surface area (Å²) in [6.45, 7) is 7.58. The fourth-order valence-corrected chi connectivity index (χ4v) is 5.40. The van der Waals surface area contributed by atoms with Crippen LogP contribution in [0.25, 0.3) is 0 Å². The number of aryl methyl sites for hydroxylation is 1. The molecule has 2 rings (SSSR count). The predicted octanol–water partition coefficient (Wildman–Crippen LogP) is 3.30. The first-order valence-corrected chi connectivity index (χ1v) is 9.63. The number of rotatable bonds is 7. The van der Waals surface area contributed by atoms with Crippen molar-refractivity contribution in [3.63, 3.8) is 0 Å².